The van der Waals surface area contributed by atoms with Crippen molar-refractivity contribution in [3.8, 4) is 0 Å². The molecule has 0 aliphatic carbocycles. The maximum Gasteiger partial charge on any atom is 0.170 e. The predicted molar refractivity (Wildman–Crippen MR) is 74.7 cm³/mol. The third-order valence-corrected chi connectivity index (χ3v) is 3.22. The van der Waals surface area contributed by atoms with Gasteiger partial charge in [-0.1, -0.05) is 31.5 Å². The van der Waals surface area contributed by atoms with Gasteiger partial charge in [-0.15, -0.1) is 0 Å². The van der Waals surface area contributed by atoms with Gasteiger partial charge in [-0.3, -0.25) is 0 Å². The second-order valence-corrected chi connectivity index (χ2v) is 5.00. The second-order valence-electron chi connectivity index (χ2n) is 5.00. The van der Waals surface area contributed by atoms with Gasteiger partial charge in [0.15, 0.2) is 5.84 Å². The average Bonchev–Trinajstić information content (AvgIpc) is 2.39. The van der Waals surface area contributed by atoms with E-state index in [1.165, 1.54) is 12.1 Å². The van der Waals surface area contributed by atoms with E-state index in [1.54, 1.807) is 6.07 Å². The Balaban J connectivity index is 2.88. The summed E-state index contributed by atoms with van der Waals surface area (Å²) in [7, 11) is 2.01. The molecule has 0 aromatic heterocycles. The Morgan fingerprint density at radius 2 is 2.21 bits per heavy atom. The van der Waals surface area contributed by atoms with Gasteiger partial charge in [-0.2, -0.15) is 0 Å². The summed E-state index contributed by atoms with van der Waals surface area (Å²) >= 11 is 0. The SMILES string of the molecule is CCC(C)CN(C)Cc1ccc(F)cc1C(N)=NO. The molecule has 106 valence electrons. The second kappa shape index (κ2) is 7.09. The molecule has 0 heterocycles. The lowest BCUT2D eigenvalue weighted by Crippen LogP contribution is -2.26. The summed E-state index contributed by atoms with van der Waals surface area (Å²) in [6.07, 6.45) is 1.11. The Hall–Kier alpha value is -1.62. The minimum atomic E-state index is -0.394. The molecular formula is C14H22FN3O. The van der Waals surface area contributed by atoms with Crippen molar-refractivity contribution in [2.75, 3.05) is 13.6 Å². The molecule has 0 saturated heterocycles. The third kappa shape index (κ3) is 4.52. The van der Waals surface area contributed by atoms with Crippen LogP contribution in [-0.2, 0) is 6.54 Å². The Labute approximate surface area is 113 Å². The zero-order valence-corrected chi connectivity index (χ0v) is 11.7. The lowest BCUT2D eigenvalue weighted by atomic mass is 10.0. The molecule has 4 nitrogen and oxygen atoms in total. The number of hydrogen-bond donors (Lipinski definition) is 2. The highest BCUT2D eigenvalue weighted by molar-refractivity contribution is 5.98. The van der Waals surface area contributed by atoms with Gasteiger partial charge in [0.05, 0.1) is 0 Å². The maximum atomic E-state index is 13.2. The highest BCUT2D eigenvalue weighted by Gasteiger charge is 2.12. The van der Waals surface area contributed by atoms with Crippen LogP contribution < -0.4 is 5.73 Å². The molecule has 5 heteroatoms. The molecule has 0 aliphatic heterocycles. The van der Waals surface area contributed by atoms with Crippen LogP contribution >= 0.6 is 0 Å². The fourth-order valence-corrected chi connectivity index (χ4v) is 2.00. The topological polar surface area (TPSA) is 61.8 Å². The number of benzene rings is 1. The van der Waals surface area contributed by atoms with Gasteiger partial charge in [0.1, 0.15) is 5.82 Å². The van der Waals surface area contributed by atoms with Crippen LogP contribution in [0.5, 0.6) is 0 Å². The minimum Gasteiger partial charge on any atom is -0.409 e. The lowest BCUT2D eigenvalue weighted by Gasteiger charge is -2.21. The zero-order chi connectivity index (χ0) is 14.4. The highest BCUT2D eigenvalue weighted by Crippen LogP contribution is 2.14. The smallest absolute Gasteiger partial charge is 0.170 e. The van der Waals surface area contributed by atoms with Crippen molar-refractivity contribution in [2.45, 2.75) is 26.8 Å². The van der Waals surface area contributed by atoms with E-state index in [1.807, 2.05) is 7.05 Å². The van der Waals surface area contributed by atoms with E-state index < -0.39 is 5.82 Å². The van der Waals surface area contributed by atoms with Crippen molar-refractivity contribution in [1.29, 1.82) is 0 Å². The van der Waals surface area contributed by atoms with E-state index in [0.717, 1.165) is 18.5 Å². The Morgan fingerprint density at radius 1 is 1.53 bits per heavy atom. The maximum absolute atomic E-state index is 13.2. The summed E-state index contributed by atoms with van der Waals surface area (Å²) < 4.78 is 13.2. The number of hydrogen-bond acceptors (Lipinski definition) is 3. The van der Waals surface area contributed by atoms with Crippen molar-refractivity contribution in [1.82, 2.24) is 4.90 Å². The van der Waals surface area contributed by atoms with Crippen LogP contribution in [0.1, 0.15) is 31.4 Å². The van der Waals surface area contributed by atoms with Crippen molar-refractivity contribution in [3.63, 3.8) is 0 Å². The molecule has 0 aliphatic rings. The monoisotopic (exact) mass is 267 g/mol. The average molecular weight is 267 g/mol. The first-order valence-corrected chi connectivity index (χ1v) is 6.42. The van der Waals surface area contributed by atoms with E-state index in [4.69, 9.17) is 10.9 Å². The molecule has 0 amide bonds. The summed E-state index contributed by atoms with van der Waals surface area (Å²) in [4.78, 5) is 2.15. The molecule has 1 aromatic rings. The van der Waals surface area contributed by atoms with Gasteiger partial charge in [0, 0.05) is 18.7 Å². The highest BCUT2D eigenvalue weighted by atomic mass is 19.1. The molecule has 1 unspecified atom stereocenters. The number of nitrogens with zero attached hydrogens (tertiary/aromatic N) is 2. The van der Waals surface area contributed by atoms with E-state index in [0.29, 0.717) is 18.0 Å². The zero-order valence-electron chi connectivity index (χ0n) is 11.7. The van der Waals surface area contributed by atoms with E-state index in [-0.39, 0.29) is 5.84 Å². The molecule has 0 radical (unpaired) electrons. The molecule has 0 spiro atoms. The van der Waals surface area contributed by atoms with Gasteiger partial charge in [0.2, 0.25) is 0 Å². The summed E-state index contributed by atoms with van der Waals surface area (Å²) in [5.41, 5.74) is 6.87. The van der Waals surface area contributed by atoms with Gasteiger partial charge in [0.25, 0.3) is 0 Å². The first-order chi connectivity index (χ1) is 8.97. The molecule has 1 atom stereocenters. The van der Waals surface area contributed by atoms with Crippen molar-refractivity contribution < 1.29 is 9.60 Å². The summed E-state index contributed by atoms with van der Waals surface area (Å²) in [5.74, 6) is 0.138. The molecule has 1 rings (SSSR count). The quantitative estimate of drug-likeness (QED) is 0.360. The minimum absolute atomic E-state index is 0.0635. The van der Waals surface area contributed by atoms with E-state index >= 15 is 0 Å². The molecule has 0 saturated carbocycles. The van der Waals surface area contributed by atoms with Crippen molar-refractivity contribution in [3.05, 3.63) is 35.1 Å². The van der Waals surface area contributed by atoms with Gasteiger partial charge in [-0.05, 0) is 30.7 Å². The van der Waals surface area contributed by atoms with Crippen molar-refractivity contribution in [2.24, 2.45) is 16.8 Å². The molecule has 3 N–H and O–H groups in total. The Bertz CT molecular complexity index is 448. The van der Waals surface area contributed by atoms with Crippen molar-refractivity contribution >= 4 is 5.84 Å². The largest absolute Gasteiger partial charge is 0.409 e. The van der Waals surface area contributed by atoms with E-state index in [2.05, 4.69) is 23.9 Å². The fourth-order valence-electron chi connectivity index (χ4n) is 2.00. The van der Waals surface area contributed by atoms with Crippen LogP contribution in [0.15, 0.2) is 23.4 Å². The number of halogens is 1. The van der Waals surface area contributed by atoms with E-state index in [9.17, 15) is 4.39 Å². The van der Waals surface area contributed by atoms with Crippen LogP contribution in [0.2, 0.25) is 0 Å². The fraction of sp³-hybridized carbons (Fsp3) is 0.500. The normalized spacial score (nSPS) is 13.8. The Morgan fingerprint density at radius 3 is 2.79 bits per heavy atom. The number of rotatable bonds is 6. The lowest BCUT2D eigenvalue weighted by molar-refractivity contribution is 0.275. The first-order valence-electron chi connectivity index (χ1n) is 6.42. The number of nitrogens with two attached hydrogens (primary N) is 1. The summed E-state index contributed by atoms with van der Waals surface area (Å²) in [6.45, 7) is 5.92. The molecule has 0 fully saturated rings. The van der Waals surface area contributed by atoms with Crippen LogP contribution in [0, 0.1) is 11.7 Å². The molecular weight excluding hydrogens is 245 g/mol. The first kappa shape index (κ1) is 15.4. The Kier molecular flexibility index (Phi) is 5.76. The summed E-state index contributed by atoms with van der Waals surface area (Å²) in [6, 6.07) is 4.36. The standard InChI is InChI=1S/C14H22FN3O/c1-4-10(2)8-18(3)9-11-5-6-12(15)7-13(11)14(16)17-19/h5-7,10,19H,4,8-9H2,1-3H3,(H2,16,17). The number of amidine groups is 1. The summed E-state index contributed by atoms with van der Waals surface area (Å²) in [5, 5.41) is 11.7. The van der Waals surface area contributed by atoms with Crippen LogP contribution in [-0.4, -0.2) is 29.5 Å². The number of oxime groups is 1. The third-order valence-electron chi connectivity index (χ3n) is 3.22. The van der Waals surface area contributed by atoms with Crippen LogP contribution in [0.3, 0.4) is 0 Å². The molecule has 19 heavy (non-hydrogen) atoms. The predicted octanol–water partition coefficient (Wildman–Crippen LogP) is 2.40. The molecule has 0 bridgehead atoms. The van der Waals surface area contributed by atoms with Crippen LogP contribution in [0.4, 0.5) is 4.39 Å². The van der Waals surface area contributed by atoms with Gasteiger partial charge in [-0.25, -0.2) is 4.39 Å². The molecule has 1 aromatic carbocycles. The van der Waals surface area contributed by atoms with Gasteiger partial charge < -0.3 is 15.8 Å². The van der Waals surface area contributed by atoms with Gasteiger partial charge >= 0.3 is 0 Å². The van der Waals surface area contributed by atoms with Crippen LogP contribution in [0.25, 0.3) is 0 Å².